The molecule has 3 nitrogen and oxygen atoms in total. The molecular formula is C12H26N2O. The highest BCUT2D eigenvalue weighted by atomic mass is 16.5. The summed E-state index contributed by atoms with van der Waals surface area (Å²) in [5, 5.41) is 6.71. The molecule has 2 N–H and O–H groups in total. The Morgan fingerprint density at radius 3 is 2.40 bits per heavy atom. The van der Waals surface area contributed by atoms with Crippen molar-refractivity contribution >= 4 is 0 Å². The molecule has 0 amide bonds. The molecule has 1 fully saturated rings. The van der Waals surface area contributed by atoms with Gasteiger partial charge >= 0.3 is 0 Å². The Morgan fingerprint density at radius 1 is 1.07 bits per heavy atom. The number of hydrogen-bond acceptors (Lipinski definition) is 3. The van der Waals surface area contributed by atoms with Gasteiger partial charge in [-0.25, -0.2) is 0 Å². The molecule has 0 aromatic rings. The minimum Gasteiger partial charge on any atom is -0.376 e. The van der Waals surface area contributed by atoms with Crippen LogP contribution in [0, 0.1) is 0 Å². The van der Waals surface area contributed by atoms with E-state index in [1.807, 2.05) is 0 Å². The average molecular weight is 214 g/mol. The zero-order valence-electron chi connectivity index (χ0n) is 10.2. The lowest BCUT2D eigenvalue weighted by Gasteiger charge is -2.28. The van der Waals surface area contributed by atoms with Crippen LogP contribution in [0.2, 0.25) is 0 Å². The van der Waals surface area contributed by atoms with Crippen LogP contribution in [0.5, 0.6) is 0 Å². The van der Waals surface area contributed by atoms with Gasteiger partial charge in [0.25, 0.3) is 0 Å². The van der Waals surface area contributed by atoms with Gasteiger partial charge in [-0.15, -0.1) is 0 Å². The maximum Gasteiger partial charge on any atom is 0.0824 e. The molecule has 1 aliphatic rings. The fraction of sp³-hybridized carbons (Fsp3) is 1.00. The quantitative estimate of drug-likeness (QED) is 0.635. The number of nitrogens with one attached hydrogen (secondary N) is 2. The highest BCUT2D eigenvalue weighted by molar-refractivity contribution is 4.74. The number of hydrogen-bond donors (Lipinski definition) is 2. The molecule has 1 aliphatic heterocycles. The fourth-order valence-corrected chi connectivity index (χ4v) is 1.83. The lowest BCUT2D eigenvalue weighted by Crippen LogP contribution is -2.54. The van der Waals surface area contributed by atoms with Gasteiger partial charge in [0.15, 0.2) is 0 Å². The van der Waals surface area contributed by atoms with E-state index < -0.39 is 0 Å². The normalized spacial score (nSPS) is 26.8. The monoisotopic (exact) mass is 214 g/mol. The smallest absolute Gasteiger partial charge is 0.0824 e. The van der Waals surface area contributed by atoms with Crippen LogP contribution in [0.4, 0.5) is 0 Å². The maximum absolute atomic E-state index is 5.79. The molecule has 1 rings (SSSR count). The molecule has 3 heteroatoms. The Kier molecular flexibility index (Phi) is 6.98. The van der Waals surface area contributed by atoms with E-state index in [4.69, 9.17) is 4.74 Å². The van der Waals surface area contributed by atoms with E-state index in [0.29, 0.717) is 12.3 Å². The van der Waals surface area contributed by atoms with Crippen LogP contribution < -0.4 is 10.6 Å². The summed E-state index contributed by atoms with van der Waals surface area (Å²) in [6.45, 7) is 7.29. The lowest BCUT2D eigenvalue weighted by molar-refractivity contribution is 0.0329. The van der Waals surface area contributed by atoms with Crippen LogP contribution in [0.3, 0.4) is 0 Å². The summed E-state index contributed by atoms with van der Waals surface area (Å²) in [7, 11) is 0. The van der Waals surface area contributed by atoms with Crippen molar-refractivity contribution in [3.05, 3.63) is 0 Å². The zero-order chi connectivity index (χ0) is 10.9. The summed E-state index contributed by atoms with van der Waals surface area (Å²) in [5.41, 5.74) is 0. The summed E-state index contributed by atoms with van der Waals surface area (Å²) >= 11 is 0. The molecule has 0 bridgehead atoms. The first-order valence-electron chi connectivity index (χ1n) is 6.41. The van der Waals surface area contributed by atoms with E-state index in [1.54, 1.807) is 0 Å². The molecule has 0 atom stereocenters. The molecule has 0 unspecified atom stereocenters. The minimum absolute atomic E-state index is 0.368. The van der Waals surface area contributed by atoms with Crippen LogP contribution in [0.1, 0.15) is 46.0 Å². The third-order valence-corrected chi connectivity index (χ3v) is 2.90. The second-order valence-electron chi connectivity index (χ2n) is 4.45. The van der Waals surface area contributed by atoms with Crippen molar-refractivity contribution in [3.63, 3.8) is 0 Å². The first-order valence-corrected chi connectivity index (χ1v) is 6.41. The number of rotatable bonds is 7. The summed E-state index contributed by atoms with van der Waals surface area (Å²) in [6.07, 6.45) is 7.38. The van der Waals surface area contributed by atoms with Crippen molar-refractivity contribution in [1.29, 1.82) is 0 Å². The second kappa shape index (κ2) is 8.08. The average Bonchev–Trinajstić information content (AvgIpc) is 2.26. The molecule has 0 aliphatic carbocycles. The summed E-state index contributed by atoms with van der Waals surface area (Å²) in [4.78, 5) is 0. The Balaban J connectivity index is 1.87. The van der Waals surface area contributed by atoms with Crippen molar-refractivity contribution in [3.8, 4) is 0 Å². The zero-order valence-corrected chi connectivity index (χ0v) is 10.2. The molecule has 90 valence electrons. The summed E-state index contributed by atoms with van der Waals surface area (Å²) in [6, 6.07) is 0. The standard InChI is InChI=1S/C12H26N2O/c1-3-4-5-6-7-8-15-12-9-13-11(2)14-10-12/h11-14H,3-10H2,1-2H3. The third-order valence-electron chi connectivity index (χ3n) is 2.90. The van der Waals surface area contributed by atoms with Gasteiger partial charge in [0.1, 0.15) is 0 Å². The molecular weight excluding hydrogens is 188 g/mol. The van der Waals surface area contributed by atoms with Gasteiger partial charge < -0.3 is 4.74 Å². The van der Waals surface area contributed by atoms with Crippen molar-refractivity contribution < 1.29 is 4.74 Å². The molecule has 1 saturated heterocycles. The van der Waals surface area contributed by atoms with Gasteiger partial charge in [0.05, 0.1) is 12.3 Å². The predicted octanol–water partition coefficient (Wildman–Crippen LogP) is 1.88. The van der Waals surface area contributed by atoms with Crippen LogP contribution in [0.25, 0.3) is 0 Å². The number of unbranched alkanes of at least 4 members (excludes halogenated alkanes) is 4. The van der Waals surface area contributed by atoms with Gasteiger partial charge in [-0.1, -0.05) is 32.6 Å². The molecule has 0 radical (unpaired) electrons. The first-order chi connectivity index (χ1) is 7.33. The maximum atomic E-state index is 5.79. The lowest BCUT2D eigenvalue weighted by atomic mass is 10.2. The largest absolute Gasteiger partial charge is 0.376 e. The fourth-order valence-electron chi connectivity index (χ4n) is 1.83. The molecule has 0 aromatic carbocycles. The van der Waals surface area contributed by atoms with E-state index in [2.05, 4.69) is 24.5 Å². The topological polar surface area (TPSA) is 33.3 Å². The van der Waals surface area contributed by atoms with Crippen LogP contribution in [0.15, 0.2) is 0 Å². The first kappa shape index (κ1) is 12.9. The molecule has 0 spiro atoms. The van der Waals surface area contributed by atoms with E-state index in [9.17, 15) is 0 Å². The van der Waals surface area contributed by atoms with Gasteiger partial charge in [-0.2, -0.15) is 0 Å². The molecule has 15 heavy (non-hydrogen) atoms. The second-order valence-corrected chi connectivity index (χ2v) is 4.45. The Morgan fingerprint density at radius 2 is 1.73 bits per heavy atom. The van der Waals surface area contributed by atoms with Crippen molar-refractivity contribution in [2.24, 2.45) is 0 Å². The van der Waals surface area contributed by atoms with Crippen LogP contribution in [-0.2, 0) is 4.74 Å². The molecule has 1 heterocycles. The van der Waals surface area contributed by atoms with Crippen molar-refractivity contribution in [2.45, 2.75) is 58.2 Å². The Labute approximate surface area is 94.0 Å². The van der Waals surface area contributed by atoms with E-state index in [-0.39, 0.29) is 0 Å². The van der Waals surface area contributed by atoms with Gasteiger partial charge in [0, 0.05) is 19.7 Å². The third kappa shape index (κ3) is 6.13. The SMILES string of the molecule is CCCCCCCOC1CNC(C)NC1. The minimum atomic E-state index is 0.368. The summed E-state index contributed by atoms with van der Waals surface area (Å²) in [5.74, 6) is 0. The Hall–Kier alpha value is -0.120. The van der Waals surface area contributed by atoms with Gasteiger partial charge in [-0.3, -0.25) is 10.6 Å². The van der Waals surface area contributed by atoms with E-state index in [1.165, 1.54) is 32.1 Å². The van der Waals surface area contributed by atoms with Crippen molar-refractivity contribution in [1.82, 2.24) is 10.6 Å². The molecule has 0 aromatic heterocycles. The number of ether oxygens (including phenoxy) is 1. The molecule has 0 saturated carbocycles. The highest BCUT2D eigenvalue weighted by Gasteiger charge is 2.16. The summed E-state index contributed by atoms with van der Waals surface area (Å²) < 4.78 is 5.79. The van der Waals surface area contributed by atoms with Gasteiger partial charge in [0.2, 0.25) is 0 Å². The van der Waals surface area contributed by atoms with E-state index in [0.717, 1.165) is 19.7 Å². The van der Waals surface area contributed by atoms with E-state index >= 15 is 0 Å². The van der Waals surface area contributed by atoms with Crippen LogP contribution in [-0.4, -0.2) is 32.0 Å². The Bertz CT molecular complexity index is 145. The highest BCUT2D eigenvalue weighted by Crippen LogP contribution is 2.04. The van der Waals surface area contributed by atoms with Crippen LogP contribution >= 0.6 is 0 Å². The predicted molar refractivity (Wildman–Crippen MR) is 64.0 cm³/mol. The van der Waals surface area contributed by atoms with Gasteiger partial charge in [-0.05, 0) is 13.3 Å². The van der Waals surface area contributed by atoms with Crippen molar-refractivity contribution in [2.75, 3.05) is 19.7 Å².